The van der Waals surface area contributed by atoms with E-state index in [-0.39, 0.29) is 17.1 Å². The number of nitrogens with one attached hydrogen (secondary N) is 2. The van der Waals surface area contributed by atoms with Crippen LogP contribution in [-0.4, -0.2) is 23.7 Å². The Kier molecular flexibility index (Phi) is 10.1. The SMILES string of the molecule is CCCCCCCOc1cccc(NC(=S)NC(=O)c2cccc(OC(C)C)c2)c1. The molecule has 162 valence electrons. The Hall–Kier alpha value is -2.60. The van der Waals surface area contributed by atoms with Gasteiger partial charge in [-0.15, -0.1) is 0 Å². The second kappa shape index (κ2) is 12.9. The molecule has 0 bridgehead atoms. The first-order valence-electron chi connectivity index (χ1n) is 10.6. The highest BCUT2D eigenvalue weighted by atomic mass is 32.1. The van der Waals surface area contributed by atoms with Crippen molar-refractivity contribution in [3.63, 3.8) is 0 Å². The van der Waals surface area contributed by atoms with Crippen LogP contribution in [0.25, 0.3) is 0 Å². The van der Waals surface area contributed by atoms with E-state index in [1.165, 1.54) is 25.7 Å². The van der Waals surface area contributed by atoms with Crippen LogP contribution in [0.4, 0.5) is 5.69 Å². The number of hydrogen-bond acceptors (Lipinski definition) is 4. The molecule has 1 amide bonds. The van der Waals surface area contributed by atoms with Gasteiger partial charge in [-0.2, -0.15) is 0 Å². The number of hydrogen-bond donors (Lipinski definition) is 2. The Balaban J connectivity index is 1.83. The molecule has 0 fully saturated rings. The van der Waals surface area contributed by atoms with Crippen LogP contribution in [-0.2, 0) is 0 Å². The monoisotopic (exact) mass is 428 g/mol. The molecule has 2 rings (SSSR count). The van der Waals surface area contributed by atoms with Crippen molar-refractivity contribution in [2.45, 2.75) is 59.0 Å². The molecule has 2 aromatic rings. The number of carbonyl (C=O) groups excluding carboxylic acids is 1. The second-order valence-corrected chi connectivity index (χ2v) is 7.80. The molecular formula is C24H32N2O3S. The number of ether oxygens (including phenoxy) is 2. The van der Waals surface area contributed by atoms with Crippen molar-refractivity contribution in [2.24, 2.45) is 0 Å². The summed E-state index contributed by atoms with van der Waals surface area (Å²) >= 11 is 5.29. The fourth-order valence-electron chi connectivity index (χ4n) is 2.88. The summed E-state index contributed by atoms with van der Waals surface area (Å²) in [6.07, 6.45) is 6.04. The highest BCUT2D eigenvalue weighted by molar-refractivity contribution is 7.80. The lowest BCUT2D eigenvalue weighted by Crippen LogP contribution is -2.34. The Bertz CT molecular complexity index is 824. The van der Waals surface area contributed by atoms with Crippen molar-refractivity contribution < 1.29 is 14.3 Å². The third-order valence-electron chi connectivity index (χ3n) is 4.30. The van der Waals surface area contributed by atoms with E-state index in [0.29, 0.717) is 17.9 Å². The molecular weight excluding hydrogens is 396 g/mol. The van der Waals surface area contributed by atoms with Gasteiger partial charge in [0.25, 0.3) is 5.91 Å². The minimum Gasteiger partial charge on any atom is -0.494 e. The molecule has 0 atom stereocenters. The summed E-state index contributed by atoms with van der Waals surface area (Å²) in [5.41, 5.74) is 1.25. The highest BCUT2D eigenvalue weighted by Gasteiger charge is 2.10. The molecule has 6 heteroatoms. The second-order valence-electron chi connectivity index (χ2n) is 7.39. The molecule has 0 spiro atoms. The normalized spacial score (nSPS) is 10.5. The number of thiocarbonyl (C=S) groups is 1. The van der Waals surface area contributed by atoms with E-state index in [4.69, 9.17) is 21.7 Å². The van der Waals surface area contributed by atoms with Gasteiger partial charge in [0.15, 0.2) is 5.11 Å². The van der Waals surface area contributed by atoms with Crippen LogP contribution in [0.2, 0.25) is 0 Å². The molecule has 30 heavy (non-hydrogen) atoms. The molecule has 2 aromatic carbocycles. The van der Waals surface area contributed by atoms with E-state index in [1.807, 2.05) is 44.2 Å². The minimum absolute atomic E-state index is 0.0388. The first kappa shape index (κ1) is 23.7. The number of anilines is 1. The third-order valence-corrected chi connectivity index (χ3v) is 4.51. The van der Waals surface area contributed by atoms with Gasteiger partial charge in [0, 0.05) is 17.3 Å². The molecule has 0 aliphatic carbocycles. The van der Waals surface area contributed by atoms with Crippen LogP contribution in [0.15, 0.2) is 48.5 Å². The van der Waals surface area contributed by atoms with Gasteiger partial charge < -0.3 is 14.8 Å². The Labute approximate surface area is 185 Å². The smallest absolute Gasteiger partial charge is 0.257 e. The number of rotatable bonds is 11. The molecule has 0 aromatic heterocycles. The van der Waals surface area contributed by atoms with E-state index >= 15 is 0 Å². The largest absolute Gasteiger partial charge is 0.494 e. The number of benzene rings is 2. The van der Waals surface area contributed by atoms with Crippen LogP contribution in [0, 0.1) is 0 Å². The van der Waals surface area contributed by atoms with Crippen molar-refractivity contribution in [3.8, 4) is 11.5 Å². The Morgan fingerprint density at radius 1 is 1.00 bits per heavy atom. The van der Waals surface area contributed by atoms with Crippen LogP contribution >= 0.6 is 12.2 Å². The van der Waals surface area contributed by atoms with Gasteiger partial charge in [-0.3, -0.25) is 10.1 Å². The Morgan fingerprint density at radius 3 is 2.50 bits per heavy atom. The van der Waals surface area contributed by atoms with Crippen LogP contribution in [0.1, 0.15) is 63.2 Å². The summed E-state index contributed by atoms with van der Waals surface area (Å²) in [6, 6.07) is 14.6. The zero-order valence-electron chi connectivity index (χ0n) is 18.1. The Morgan fingerprint density at radius 2 is 1.73 bits per heavy atom. The molecule has 0 saturated heterocycles. The van der Waals surface area contributed by atoms with Crippen molar-refractivity contribution in [2.75, 3.05) is 11.9 Å². The number of carbonyl (C=O) groups is 1. The lowest BCUT2D eigenvalue weighted by Gasteiger charge is -2.13. The van der Waals surface area contributed by atoms with E-state index < -0.39 is 0 Å². The van der Waals surface area contributed by atoms with Crippen molar-refractivity contribution >= 4 is 28.9 Å². The summed E-state index contributed by atoms with van der Waals surface area (Å²) in [5, 5.41) is 5.97. The van der Waals surface area contributed by atoms with Crippen molar-refractivity contribution in [1.82, 2.24) is 5.32 Å². The molecule has 0 heterocycles. The van der Waals surface area contributed by atoms with Gasteiger partial charge >= 0.3 is 0 Å². The zero-order chi connectivity index (χ0) is 21.8. The quantitative estimate of drug-likeness (QED) is 0.342. The topological polar surface area (TPSA) is 59.6 Å². The predicted octanol–water partition coefficient (Wildman–Crippen LogP) is 5.95. The molecule has 0 radical (unpaired) electrons. The summed E-state index contributed by atoms with van der Waals surface area (Å²) in [5.74, 6) is 1.14. The van der Waals surface area contributed by atoms with Gasteiger partial charge in [-0.25, -0.2) is 0 Å². The number of unbranched alkanes of at least 4 members (excludes halogenated alkanes) is 4. The lowest BCUT2D eigenvalue weighted by molar-refractivity contribution is 0.0977. The summed E-state index contributed by atoms with van der Waals surface area (Å²) in [6.45, 7) is 6.79. The van der Waals surface area contributed by atoms with Crippen LogP contribution in [0.5, 0.6) is 11.5 Å². The molecule has 0 aliphatic heterocycles. The zero-order valence-corrected chi connectivity index (χ0v) is 18.9. The first-order chi connectivity index (χ1) is 14.5. The average Bonchev–Trinajstić information content (AvgIpc) is 2.70. The van der Waals surface area contributed by atoms with Gasteiger partial charge in [-0.1, -0.05) is 44.7 Å². The summed E-state index contributed by atoms with van der Waals surface area (Å²) in [4.78, 5) is 12.5. The molecule has 2 N–H and O–H groups in total. The predicted molar refractivity (Wildman–Crippen MR) is 127 cm³/mol. The number of amides is 1. The van der Waals surface area contributed by atoms with E-state index in [9.17, 15) is 4.79 Å². The maximum atomic E-state index is 12.5. The van der Waals surface area contributed by atoms with E-state index in [0.717, 1.165) is 17.9 Å². The van der Waals surface area contributed by atoms with E-state index in [2.05, 4.69) is 17.6 Å². The molecule has 0 saturated carbocycles. The molecule has 0 aliphatic rings. The fraction of sp³-hybridized carbons (Fsp3) is 0.417. The van der Waals surface area contributed by atoms with E-state index in [1.54, 1.807) is 18.2 Å². The maximum Gasteiger partial charge on any atom is 0.257 e. The highest BCUT2D eigenvalue weighted by Crippen LogP contribution is 2.18. The average molecular weight is 429 g/mol. The van der Waals surface area contributed by atoms with Gasteiger partial charge in [0.05, 0.1) is 12.7 Å². The molecule has 5 nitrogen and oxygen atoms in total. The van der Waals surface area contributed by atoms with Gasteiger partial charge in [0.2, 0.25) is 0 Å². The van der Waals surface area contributed by atoms with Crippen LogP contribution < -0.4 is 20.1 Å². The lowest BCUT2D eigenvalue weighted by atomic mass is 10.2. The maximum absolute atomic E-state index is 12.5. The van der Waals surface area contributed by atoms with Crippen molar-refractivity contribution in [1.29, 1.82) is 0 Å². The standard InChI is InChI=1S/C24H32N2O3S/c1-4-5-6-7-8-15-28-21-13-10-12-20(17-21)25-24(30)26-23(27)19-11-9-14-22(16-19)29-18(2)3/h9-14,16-18H,4-8,15H2,1-3H3,(H2,25,26,27,30). The first-order valence-corrected chi connectivity index (χ1v) is 11.0. The third kappa shape index (κ3) is 8.82. The van der Waals surface area contributed by atoms with Gasteiger partial charge in [0.1, 0.15) is 11.5 Å². The van der Waals surface area contributed by atoms with Crippen molar-refractivity contribution in [3.05, 3.63) is 54.1 Å². The summed E-state index contributed by atoms with van der Waals surface area (Å²) < 4.78 is 11.5. The van der Waals surface area contributed by atoms with Crippen LogP contribution in [0.3, 0.4) is 0 Å². The molecule has 0 unspecified atom stereocenters. The van der Waals surface area contributed by atoms with Gasteiger partial charge in [-0.05, 0) is 62.8 Å². The fourth-order valence-corrected chi connectivity index (χ4v) is 3.09. The summed E-state index contributed by atoms with van der Waals surface area (Å²) in [7, 11) is 0. The minimum atomic E-state index is -0.291.